The first-order chi connectivity index (χ1) is 5.66. The third-order valence-corrected chi connectivity index (χ3v) is 2.23. The van der Waals surface area contributed by atoms with E-state index in [9.17, 15) is 5.11 Å². The second-order valence-electron chi connectivity index (χ2n) is 3.04. The number of benzene rings is 1. The molecule has 1 unspecified atom stereocenters. The maximum atomic E-state index is 9.51. The fraction of sp³-hybridized carbons (Fsp3) is 0.400. The Labute approximate surface area is 73.0 Å². The molecule has 0 fully saturated rings. The Bertz CT molecular complexity index is 271. The standard InChI is InChI=1S/C10H15NO/c1-7-4-3-5-9(8(7)2)10(12)6-11/h3-5,10,12H,6,11H2,1-2H3. The summed E-state index contributed by atoms with van der Waals surface area (Å²) < 4.78 is 0. The molecule has 2 nitrogen and oxygen atoms in total. The Hall–Kier alpha value is -0.860. The lowest BCUT2D eigenvalue weighted by Gasteiger charge is -2.12. The van der Waals surface area contributed by atoms with Crippen LogP contribution in [0.3, 0.4) is 0 Å². The maximum absolute atomic E-state index is 9.51. The fourth-order valence-electron chi connectivity index (χ4n) is 1.26. The highest BCUT2D eigenvalue weighted by molar-refractivity contribution is 5.34. The van der Waals surface area contributed by atoms with E-state index in [1.807, 2.05) is 32.0 Å². The van der Waals surface area contributed by atoms with Crippen LogP contribution in [0.5, 0.6) is 0 Å². The molecule has 0 aromatic heterocycles. The van der Waals surface area contributed by atoms with E-state index in [4.69, 9.17) is 5.73 Å². The van der Waals surface area contributed by atoms with E-state index in [0.717, 1.165) is 11.1 Å². The van der Waals surface area contributed by atoms with Gasteiger partial charge in [0.1, 0.15) is 0 Å². The summed E-state index contributed by atoms with van der Waals surface area (Å²) in [4.78, 5) is 0. The van der Waals surface area contributed by atoms with E-state index in [1.54, 1.807) is 0 Å². The Morgan fingerprint density at radius 3 is 2.67 bits per heavy atom. The quantitative estimate of drug-likeness (QED) is 0.693. The summed E-state index contributed by atoms with van der Waals surface area (Å²) in [6.45, 7) is 4.32. The molecule has 0 heterocycles. The average molecular weight is 165 g/mol. The van der Waals surface area contributed by atoms with Crippen LogP contribution in [0.4, 0.5) is 0 Å². The van der Waals surface area contributed by atoms with E-state index in [2.05, 4.69) is 0 Å². The summed E-state index contributed by atoms with van der Waals surface area (Å²) in [5.41, 5.74) is 8.64. The van der Waals surface area contributed by atoms with Crippen molar-refractivity contribution in [3.05, 3.63) is 34.9 Å². The maximum Gasteiger partial charge on any atom is 0.0914 e. The predicted molar refractivity (Wildman–Crippen MR) is 49.9 cm³/mol. The number of aryl methyl sites for hydroxylation is 1. The molecule has 0 saturated carbocycles. The average Bonchev–Trinajstić information content (AvgIpc) is 2.08. The molecule has 1 aromatic rings. The Kier molecular flexibility index (Phi) is 2.84. The van der Waals surface area contributed by atoms with Crippen LogP contribution < -0.4 is 5.73 Å². The summed E-state index contributed by atoms with van der Waals surface area (Å²) in [6, 6.07) is 5.89. The zero-order valence-electron chi connectivity index (χ0n) is 7.54. The van der Waals surface area contributed by atoms with Crippen LogP contribution in [0.1, 0.15) is 22.8 Å². The van der Waals surface area contributed by atoms with Crippen LogP contribution in [0.25, 0.3) is 0 Å². The molecule has 0 spiro atoms. The van der Waals surface area contributed by atoms with Gasteiger partial charge < -0.3 is 10.8 Å². The molecule has 0 saturated heterocycles. The largest absolute Gasteiger partial charge is 0.387 e. The third kappa shape index (κ3) is 1.65. The van der Waals surface area contributed by atoms with Gasteiger partial charge in [-0.25, -0.2) is 0 Å². The van der Waals surface area contributed by atoms with Crippen molar-refractivity contribution >= 4 is 0 Å². The molecule has 12 heavy (non-hydrogen) atoms. The van der Waals surface area contributed by atoms with Gasteiger partial charge in [0.2, 0.25) is 0 Å². The Morgan fingerprint density at radius 2 is 2.08 bits per heavy atom. The number of nitrogens with two attached hydrogens (primary N) is 1. The van der Waals surface area contributed by atoms with Gasteiger partial charge in [-0.2, -0.15) is 0 Å². The second-order valence-corrected chi connectivity index (χ2v) is 3.04. The fourth-order valence-corrected chi connectivity index (χ4v) is 1.26. The van der Waals surface area contributed by atoms with Gasteiger partial charge in [0, 0.05) is 6.54 Å². The lowest BCUT2D eigenvalue weighted by molar-refractivity contribution is 0.186. The van der Waals surface area contributed by atoms with Crippen molar-refractivity contribution in [2.24, 2.45) is 5.73 Å². The van der Waals surface area contributed by atoms with Crippen LogP contribution in [0.15, 0.2) is 18.2 Å². The van der Waals surface area contributed by atoms with Gasteiger partial charge in [-0.3, -0.25) is 0 Å². The zero-order chi connectivity index (χ0) is 9.14. The topological polar surface area (TPSA) is 46.2 Å². The van der Waals surface area contributed by atoms with Gasteiger partial charge in [-0.05, 0) is 30.5 Å². The van der Waals surface area contributed by atoms with Crippen LogP contribution in [0.2, 0.25) is 0 Å². The third-order valence-electron chi connectivity index (χ3n) is 2.23. The zero-order valence-corrected chi connectivity index (χ0v) is 7.54. The number of aliphatic hydroxyl groups excluding tert-OH is 1. The molecule has 3 N–H and O–H groups in total. The minimum Gasteiger partial charge on any atom is -0.387 e. The molecule has 0 radical (unpaired) electrons. The molecule has 0 aliphatic carbocycles. The lowest BCUT2D eigenvalue weighted by atomic mass is 9.99. The van der Waals surface area contributed by atoms with Crippen molar-refractivity contribution in [2.75, 3.05) is 6.54 Å². The molecule has 1 atom stereocenters. The highest BCUT2D eigenvalue weighted by atomic mass is 16.3. The summed E-state index contributed by atoms with van der Waals surface area (Å²) in [5.74, 6) is 0. The molecule has 0 amide bonds. The van der Waals surface area contributed by atoms with Crippen LogP contribution in [0, 0.1) is 13.8 Å². The molecule has 66 valence electrons. The number of hydrogen-bond donors (Lipinski definition) is 2. The molecular weight excluding hydrogens is 150 g/mol. The van der Waals surface area contributed by atoms with E-state index < -0.39 is 6.10 Å². The monoisotopic (exact) mass is 165 g/mol. The van der Waals surface area contributed by atoms with Gasteiger partial charge in [0.25, 0.3) is 0 Å². The molecule has 2 heteroatoms. The summed E-state index contributed by atoms with van der Waals surface area (Å²) in [5, 5.41) is 9.51. The Morgan fingerprint density at radius 1 is 1.42 bits per heavy atom. The first kappa shape index (κ1) is 9.23. The van der Waals surface area contributed by atoms with Crippen LogP contribution >= 0.6 is 0 Å². The second kappa shape index (κ2) is 3.70. The number of aliphatic hydroxyl groups is 1. The van der Waals surface area contributed by atoms with E-state index in [1.165, 1.54) is 5.56 Å². The SMILES string of the molecule is Cc1cccc(C(O)CN)c1C. The van der Waals surface area contributed by atoms with Crippen LogP contribution in [-0.2, 0) is 0 Å². The first-order valence-corrected chi connectivity index (χ1v) is 4.11. The highest BCUT2D eigenvalue weighted by Crippen LogP contribution is 2.18. The molecule has 1 aromatic carbocycles. The Balaban J connectivity index is 3.07. The van der Waals surface area contributed by atoms with Crippen molar-refractivity contribution < 1.29 is 5.11 Å². The van der Waals surface area contributed by atoms with Gasteiger partial charge >= 0.3 is 0 Å². The van der Waals surface area contributed by atoms with Crippen molar-refractivity contribution in [1.82, 2.24) is 0 Å². The highest BCUT2D eigenvalue weighted by Gasteiger charge is 2.08. The first-order valence-electron chi connectivity index (χ1n) is 4.11. The summed E-state index contributed by atoms with van der Waals surface area (Å²) in [6.07, 6.45) is -0.523. The molecule has 0 aliphatic rings. The summed E-state index contributed by atoms with van der Waals surface area (Å²) >= 11 is 0. The molecular formula is C10H15NO. The van der Waals surface area contributed by atoms with Gasteiger partial charge in [0.15, 0.2) is 0 Å². The summed E-state index contributed by atoms with van der Waals surface area (Å²) in [7, 11) is 0. The van der Waals surface area contributed by atoms with Crippen LogP contribution in [-0.4, -0.2) is 11.7 Å². The smallest absolute Gasteiger partial charge is 0.0914 e. The van der Waals surface area contributed by atoms with E-state index in [-0.39, 0.29) is 6.54 Å². The number of rotatable bonds is 2. The lowest BCUT2D eigenvalue weighted by Crippen LogP contribution is -2.12. The van der Waals surface area contributed by atoms with Gasteiger partial charge in [0.05, 0.1) is 6.10 Å². The normalized spacial score (nSPS) is 13.0. The van der Waals surface area contributed by atoms with Crippen molar-refractivity contribution in [3.63, 3.8) is 0 Å². The van der Waals surface area contributed by atoms with Crippen molar-refractivity contribution in [3.8, 4) is 0 Å². The molecule has 0 bridgehead atoms. The molecule has 1 rings (SSSR count). The van der Waals surface area contributed by atoms with Crippen molar-refractivity contribution in [1.29, 1.82) is 0 Å². The van der Waals surface area contributed by atoms with Crippen molar-refractivity contribution in [2.45, 2.75) is 20.0 Å². The predicted octanol–water partition coefficient (Wildman–Crippen LogP) is 1.30. The minimum absolute atomic E-state index is 0.282. The van der Waals surface area contributed by atoms with E-state index in [0.29, 0.717) is 0 Å². The minimum atomic E-state index is -0.523. The number of hydrogen-bond acceptors (Lipinski definition) is 2. The van der Waals surface area contributed by atoms with Gasteiger partial charge in [-0.15, -0.1) is 0 Å². The van der Waals surface area contributed by atoms with E-state index >= 15 is 0 Å². The van der Waals surface area contributed by atoms with Gasteiger partial charge in [-0.1, -0.05) is 18.2 Å². The molecule has 0 aliphatic heterocycles.